The molecular weight excluding hydrogens is 491 g/mol. The minimum absolute atomic E-state index is 0.124. The number of amides is 4. The van der Waals surface area contributed by atoms with E-state index in [-0.39, 0.29) is 30.4 Å². The Morgan fingerprint density at radius 3 is 2.45 bits per heavy atom. The van der Waals surface area contributed by atoms with Crippen LogP contribution in [0, 0.1) is 5.41 Å². The number of nitrogens with zero attached hydrogens (tertiary/aromatic N) is 2. The van der Waals surface area contributed by atoms with Gasteiger partial charge in [-0.2, -0.15) is 0 Å². The highest BCUT2D eigenvalue weighted by atomic mass is 19.1. The minimum Gasteiger partial charge on any atom is -0.365 e. The van der Waals surface area contributed by atoms with Crippen LogP contribution in [-0.4, -0.2) is 84.0 Å². The molecule has 0 radical (unpaired) electrons. The van der Waals surface area contributed by atoms with Gasteiger partial charge < -0.3 is 25.2 Å². The molecule has 4 amide bonds. The SMILES string of the molecule is CC1(C[C@H](NC(=O)c2ccc(NC(=O)N3CCCCC3)cc2)C(=O)N2C[C@H](F)[C@H]3OCC(=O)[C@H]32)CCCC1. The number of piperidine rings is 1. The number of ketones is 1. The third-order valence-electron chi connectivity index (χ3n) is 8.56. The third-order valence-corrected chi connectivity index (χ3v) is 8.56. The van der Waals surface area contributed by atoms with Crippen LogP contribution in [0.2, 0.25) is 0 Å². The molecule has 0 bridgehead atoms. The zero-order valence-corrected chi connectivity index (χ0v) is 21.9. The summed E-state index contributed by atoms with van der Waals surface area (Å²) in [5, 5.41) is 5.76. The predicted octanol–water partition coefficient (Wildman–Crippen LogP) is 3.29. The number of halogens is 1. The smallest absolute Gasteiger partial charge is 0.321 e. The van der Waals surface area contributed by atoms with E-state index in [1.54, 1.807) is 29.2 Å². The Morgan fingerprint density at radius 1 is 1.08 bits per heavy atom. The summed E-state index contributed by atoms with van der Waals surface area (Å²) >= 11 is 0. The van der Waals surface area contributed by atoms with Crippen LogP contribution in [0.5, 0.6) is 0 Å². The summed E-state index contributed by atoms with van der Waals surface area (Å²) in [4.78, 5) is 54.9. The second kappa shape index (κ2) is 11.0. The molecule has 0 aromatic heterocycles. The van der Waals surface area contributed by atoms with E-state index in [2.05, 4.69) is 17.6 Å². The summed E-state index contributed by atoms with van der Waals surface area (Å²) in [7, 11) is 0. The number of carbonyl (C=O) groups excluding carboxylic acids is 4. The van der Waals surface area contributed by atoms with Crippen LogP contribution in [0.4, 0.5) is 14.9 Å². The first kappa shape index (κ1) is 26.6. The highest BCUT2D eigenvalue weighted by molar-refractivity contribution is 6.00. The molecule has 0 unspecified atom stereocenters. The van der Waals surface area contributed by atoms with Crippen molar-refractivity contribution in [2.24, 2.45) is 5.41 Å². The predicted molar refractivity (Wildman–Crippen MR) is 138 cm³/mol. The average Bonchev–Trinajstić information content (AvgIpc) is 3.61. The second-order valence-corrected chi connectivity index (χ2v) is 11.5. The van der Waals surface area contributed by atoms with Gasteiger partial charge in [0.05, 0.1) is 6.54 Å². The van der Waals surface area contributed by atoms with Gasteiger partial charge in [-0.05, 0) is 68.2 Å². The van der Waals surface area contributed by atoms with E-state index >= 15 is 0 Å². The van der Waals surface area contributed by atoms with Gasteiger partial charge in [0.15, 0.2) is 5.78 Å². The lowest BCUT2D eigenvalue weighted by Gasteiger charge is -2.32. The highest BCUT2D eigenvalue weighted by Crippen LogP contribution is 2.42. The molecule has 5 rings (SSSR count). The quantitative estimate of drug-likeness (QED) is 0.589. The van der Waals surface area contributed by atoms with Crippen molar-refractivity contribution in [2.75, 3.05) is 31.6 Å². The number of urea groups is 1. The maximum absolute atomic E-state index is 14.6. The van der Waals surface area contributed by atoms with Gasteiger partial charge in [-0.25, -0.2) is 9.18 Å². The van der Waals surface area contributed by atoms with Gasteiger partial charge in [-0.1, -0.05) is 19.8 Å². The fraction of sp³-hybridized carbons (Fsp3) is 0.643. The number of anilines is 1. The molecule has 1 aromatic carbocycles. The largest absolute Gasteiger partial charge is 0.365 e. The van der Waals surface area contributed by atoms with Gasteiger partial charge in [-0.3, -0.25) is 14.4 Å². The Morgan fingerprint density at radius 2 is 1.76 bits per heavy atom. The number of hydrogen-bond acceptors (Lipinski definition) is 5. The number of ether oxygens (including phenoxy) is 1. The number of benzene rings is 1. The molecule has 206 valence electrons. The topological polar surface area (TPSA) is 108 Å². The minimum atomic E-state index is -1.43. The van der Waals surface area contributed by atoms with Gasteiger partial charge >= 0.3 is 6.03 Å². The van der Waals surface area contributed by atoms with Crippen molar-refractivity contribution in [3.05, 3.63) is 29.8 Å². The van der Waals surface area contributed by atoms with Crippen LogP contribution in [0.15, 0.2) is 24.3 Å². The molecule has 4 atom stereocenters. The number of likely N-dealkylation sites (tertiary alicyclic amines) is 2. The standard InChI is InChI=1S/C28H37FN4O5/c1-28(11-3-4-12-28)15-21(26(36)33-16-20(29)24-23(33)22(34)17-38-24)31-25(35)18-7-9-19(10-8-18)30-27(37)32-13-5-2-6-14-32/h7-10,20-21,23-24H,2-6,11-17H2,1H3,(H,30,37)(H,31,35)/t20-,21-,23+,24+/m0/s1. The Kier molecular flexibility index (Phi) is 7.70. The number of nitrogens with one attached hydrogen (secondary N) is 2. The first-order chi connectivity index (χ1) is 18.2. The molecule has 9 nitrogen and oxygen atoms in total. The lowest BCUT2D eigenvalue weighted by molar-refractivity contribution is -0.138. The van der Waals surface area contributed by atoms with Crippen molar-refractivity contribution in [3.63, 3.8) is 0 Å². The van der Waals surface area contributed by atoms with E-state index in [1.807, 2.05) is 0 Å². The Balaban J connectivity index is 1.28. The third kappa shape index (κ3) is 5.55. The molecular formula is C28H37FN4O5. The van der Waals surface area contributed by atoms with Gasteiger partial charge in [0.1, 0.15) is 31.0 Å². The van der Waals surface area contributed by atoms with Crippen molar-refractivity contribution in [3.8, 4) is 0 Å². The normalized spacial score (nSPS) is 27.2. The van der Waals surface area contributed by atoms with Gasteiger partial charge in [-0.15, -0.1) is 0 Å². The number of carbonyl (C=O) groups is 4. The summed E-state index contributed by atoms with van der Waals surface area (Å²) < 4.78 is 19.9. The van der Waals surface area contributed by atoms with Crippen molar-refractivity contribution in [2.45, 2.75) is 82.6 Å². The maximum Gasteiger partial charge on any atom is 0.321 e. The fourth-order valence-electron chi connectivity index (χ4n) is 6.40. The van der Waals surface area contributed by atoms with E-state index in [0.717, 1.165) is 58.0 Å². The number of alkyl halides is 1. The molecule has 3 heterocycles. The van der Waals surface area contributed by atoms with Crippen molar-refractivity contribution in [1.82, 2.24) is 15.1 Å². The van der Waals surface area contributed by atoms with Crippen LogP contribution in [0.3, 0.4) is 0 Å². The monoisotopic (exact) mass is 528 g/mol. The van der Waals surface area contributed by atoms with Crippen LogP contribution in [-0.2, 0) is 14.3 Å². The number of Topliss-reactive ketones (excluding diaryl/α,β-unsaturated/α-hetero) is 1. The van der Waals surface area contributed by atoms with Crippen LogP contribution in [0.25, 0.3) is 0 Å². The molecule has 3 aliphatic heterocycles. The Labute approximate surface area is 222 Å². The van der Waals surface area contributed by atoms with Crippen LogP contribution < -0.4 is 10.6 Å². The molecule has 1 aromatic rings. The van der Waals surface area contributed by atoms with Gasteiger partial charge in [0.2, 0.25) is 5.91 Å². The van der Waals surface area contributed by atoms with Gasteiger partial charge in [0, 0.05) is 24.3 Å². The number of rotatable bonds is 6. The Hall–Kier alpha value is -3.01. The molecule has 2 N–H and O–H groups in total. The van der Waals surface area contributed by atoms with E-state index in [0.29, 0.717) is 17.7 Å². The lowest BCUT2D eigenvalue weighted by atomic mass is 9.81. The molecule has 1 saturated carbocycles. The van der Waals surface area contributed by atoms with Crippen LogP contribution >= 0.6 is 0 Å². The fourth-order valence-corrected chi connectivity index (χ4v) is 6.40. The van der Waals surface area contributed by atoms with E-state index in [9.17, 15) is 23.6 Å². The van der Waals surface area contributed by atoms with Crippen molar-refractivity contribution < 1.29 is 28.3 Å². The van der Waals surface area contributed by atoms with Crippen LogP contribution in [0.1, 0.15) is 68.6 Å². The first-order valence-electron chi connectivity index (χ1n) is 13.8. The maximum atomic E-state index is 14.6. The van der Waals surface area contributed by atoms with E-state index < -0.39 is 36.2 Å². The van der Waals surface area contributed by atoms with Gasteiger partial charge in [0.25, 0.3) is 5.91 Å². The number of fused-ring (bicyclic) bond motifs is 1. The zero-order valence-electron chi connectivity index (χ0n) is 21.9. The number of hydrogen-bond donors (Lipinski definition) is 2. The zero-order chi connectivity index (χ0) is 26.9. The molecule has 0 spiro atoms. The van der Waals surface area contributed by atoms with Crippen molar-refractivity contribution in [1.29, 1.82) is 0 Å². The Bertz CT molecular complexity index is 1070. The first-order valence-corrected chi connectivity index (χ1v) is 13.8. The second-order valence-electron chi connectivity index (χ2n) is 11.5. The summed E-state index contributed by atoms with van der Waals surface area (Å²) in [5.74, 6) is -1.17. The van der Waals surface area contributed by atoms with Crippen molar-refractivity contribution >= 4 is 29.3 Å². The summed E-state index contributed by atoms with van der Waals surface area (Å²) in [6.45, 7) is 3.17. The van der Waals surface area contributed by atoms with E-state index in [1.165, 1.54) is 4.90 Å². The average molecular weight is 529 g/mol. The molecule has 1 aliphatic carbocycles. The molecule has 38 heavy (non-hydrogen) atoms. The summed E-state index contributed by atoms with van der Waals surface area (Å²) in [5.41, 5.74) is 0.805. The lowest BCUT2D eigenvalue weighted by Crippen LogP contribution is -2.53. The molecule has 10 heteroatoms. The molecule has 4 fully saturated rings. The highest BCUT2D eigenvalue weighted by Gasteiger charge is 2.54. The summed E-state index contributed by atoms with van der Waals surface area (Å²) in [6.07, 6.45) is 5.19. The van der Waals surface area contributed by atoms with E-state index in [4.69, 9.17) is 4.74 Å². The molecule has 4 aliphatic rings. The summed E-state index contributed by atoms with van der Waals surface area (Å²) in [6, 6.07) is 4.57. The molecule has 3 saturated heterocycles.